The van der Waals surface area contributed by atoms with Crippen molar-refractivity contribution in [2.75, 3.05) is 11.4 Å². The summed E-state index contributed by atoms with van der Waals surface area (Å²) in [6, 6.07) is 8.19. The number of piperidine rings is 1. The molecule has 2 aliphatic carbocycles. The van der Waals surface area contributed by atoms with Gasteiger partial charge in [0, 0.05) is 30.9 Å². The van der Waals surface area contributed by atoms with Gasteiger partial charge >= 0.3 is 0 Å². The van der Waals surface area contributed by atoms with Crippen LogP contribution >= 0.6 is 0 Å². The minimum Gasteiger partial charge on any atom is -0.349 e. The minimum atomic E-state index is -0.135. The molecule has 0 radical (unpaired) electrons. The summed E-state index contributed by atoms with van der Waals surface area (Å²) in [5.41, 5.74) is 6.59. The topological polar surface area (TPSA) is 104 Å². The largest absolute Gasteiger partial charge is 0.349 e. The summed E-state index contributed by atoms with van der Waals surface area (Å²) in [4.78, 5) is 32.1. The fourth-order valence-corrected chi connectivity index (χ4v) is 6.06. The zero-order valence-electron chi connectivity index (χ0n) is 22.2. The molecule has 6 rings (SSSR count). The number of carbonyl (C=O) groups excluding carboxylic acids is 2. The normalized spacial score (nSPS) is 24.4. The van der Waals surface area contributed by atoms with Crippen LogP contribution < -0.4 is 10.2 Å². The molecule has 3 atom stereocenters. The third-order valence-corrected chi connectivity index (χ3v) is 8.79. The van der Waals surface area contributed by atoms with E-state index in [-0.39, 0.29) is 29.8 Å². The third kappa shape index (κ3) is 4.07. The van der Waals surface area contributed by atoms with E-state index in [2.05, 4.69) is 34.5 Å². The molecule has 38 heavy (non-hydrogen) atoms. The Kier molecular flexibility index (Phi) is 5.82. The van der Waals surface area contributed by atoms with Crippen molar-refractivity contribution in [3.05, 3.63) is 75.7 Å². The van der Waals surface area contributed by atoms with Gasteiger partial charge in [0.1, 0.15) is 5.82 Å². The Morgan fingerprint density at radius 3 is 2.66 bits per heavy atom. The zero-order chi connectivity index (χ0) is 26.7. The fraction of sp³-hybridized carbons (Fsp3) is 0.433. The van der Waals surface area contributed by atoms with Gasteiger partial charge in [-0.2, -0.15) is 10.4 Å². The molecular formula is C30H32N6O2. The van der Waals surface area contributed by atoms with Gasteiger partial charge < -0.3 is 5.32 Å². The summed E-state index contributed by atoms with van der Waals surface area (Å²) in [6.07, 6.45) is 7.90. The SMILES string of the molecule is Cc1ccc(C#N)c(C2CC(NC(=O)c3cnn([C@@H](C)c4cnc(N5C[C@H]6C[C@H]6C5=O)c(C)c4C)c3)C2)c1. The van der Waals surface area contributed by atoms with Gasteiger partial charge in [0.25, 0.3) is 5.91 Å². The minimum absolute atomic E-state index is 0.0845. The maximum atomic E-state index is 12.9. The van der Waals surface area contributed by atoms with Gasteiger partial charge in [-0.3, -0.25) is 19.2 Å². The van der Waals surface area contributed by atoms with Gasteiger partial charge in [-0.05, 0) is 87.1 Å². The summed E-state index contributed by atoms with van der Waals surface area (Å²) >= 11 is 0. The van der Waals surface area contributed by atoms with Crippen LogP contribution in [-0.4, -0.2) is 39.2 Å². The highest BCUT2D eigenvalue weighted by molar-refractivity contribution is 5.99. The van der Waals surface area contributed by atoms with E-state index in [1.807, 2.05) is 44.0 Å². The molecule has 3 fully saturated rings. The molecule has 1 N–H and O–H groups in total. The Morgan fingerprint density at radius 1 is 1.16 bits per heavy atom. The van der Waals surface area contributed by atoms with Crippen LogP contribution in [0.5, 0.6) is 0 Å². The predicted molar refractivity (Wildman–Crippen MR) is 143 cm³/mol. The van der Waals surface area contributed by atoms with E-state index < -0.39 is 0 Å². The number of nitrogens with one attached hydrogen (secondary N) is 1. The first-order valence-corrected chi connectivity index (χ1v) is 13.4. The van der Waals surface area contributed by atoms with E-state index in [0.717, 1.165) is 65.0 Å². The van der Waals surface area contributed by atoms with Gasteiger partial charge in [-0.1, -0.05) is 17.7 Å². The van der Waals surface area contributed by atoms with Gasteiger partial charge in [-0.15, -0.1) is 0 Å². The van der Waals surface area contributed by atoms with E-state index in [4.69, 9.17) is 0 Å². The van der Waals surface area contributed by atoms with E-state index >= 15 is 0 Å². The summed E-state index contributed by atoms with van der Waals surface area (Å²) in [7, 11) is 0. The predicted octanol–water partition coefficient (Wildman–Crippen LogP) is 4.34. The summed E-state index contributed by atoms with van der Waals surface area (Å²) in [5, 5.41) is 17.0. The van der Waals surface area contributed by atoms with Crippen LogP contribution in [-0.2, 0) is 4.79 Å². The van der Waals surface area contributed by atoms with Crippen LogP contribution in [0.25, 0.3) is 0 Å². The van der Waals surface area contributed by atoms with E-state index in [9.17, 15) is 14.9 Å². The highest BCUT2D eigenvalue weighted by atomic mass is 16.2. The zero-order valence-corrected chi connectivity index (χ0v) is 22.2. The molecule has 3 heterocycles. The molecule has 194 valence electrons. The Morgan fingerprint density at radius 2 is 1.95 bits per heavy atom. The van der Waals surface area contributed by atoms with Crippen LogP contribution in [0.4, 0.5) is 5.82 Å². The first kappa shape index (κ1) is 24.4. The number of carbonyl (C=O) groups is 2. The van der Waals surface area contributed by atoms with E-state index in [1.165, 1.54) is 0 Å². The lowest BCUT2D eigenvalue weighted by molar-refractivity contribution is -0.118. The first-order chi connectivity index (χ1) is 18.2. The van der Waals surface area contributed by atoms with Crippen molar-refractivity contribution in [2.45, 2.75) is 65.0 Å². The number of amides is 2. The number of aryl methyl sites for hydroxylation is 1. The molecule has 8 heteroatoms. The number of nitriles is 1. The molecule has 8 nitrogen and oxygen atoms in total. The third-order valence-electron chi connectivity index (χ3n) is 8.79. The van der Waals surface area contributed by atoms with Gasteiger partial charge in [0.2, 0.25) is 5.91 Å². The van der Waals surface area contributed by atoms with Crippen LogP contribution in [0.2, 0.25) is 0 Å². The second-order valence-electron chi connectivity index (χ2n) is 11.3. The fourth-order valence-electron chi connectivity index (χ4n) is 6.06. The number of benzene rings is 1. The molecule has 1 aliphatic heterocycles. The number of hydrogen-bond acceptors (Lipinski definition) is 5. The quantitative estimate of drug-likeness (QED) is 0.533. The van der Waals surface area contributed by atoms with E-state index in [1.54, 1.807) is 17.1 Å². The number of aromatic nitrogens is 3. The highest BCUT2D eigenvalue weighted by Gasteiger charge is 2.53. The van der Waals surface area contributed by atoms with Crippen LogP contribution in [0.15, 0.2) is 36.8 Å². The lowest BCUT2D eigenvalue weighted by atomic mass is 9.74. The number of rotatable bonds is 6. The van der Waals surface area contributed by atoms with Crippen LogP contribution in [0, 0.1) is 43.9 Å². The van der Waals surface area contributed by atoms with Gasteiger partial charge in [0.05, 0.1) is 29.4 Å². The second-order valence-corrected chi connectivity index (χ2v) is 11.3. The van der Waals surface area contributed by atoms with Gasteiger partial charge in [0.15, 0.2) is 0 Å². The number of nitrogens with zero attached hydrogens (tertiary/aromatic N) is 5. The molecule has 0 unspecified atom stereocenters. The number of hydrogen-bond donors (Lipinski definition) is 1. The van der Waals surface area contributed by atoms with Crippen molar-refractivity contribution in [2.24, 2.45) is 11.8 Å². The van der Waals surface area contributed by atoms with Gasteiger partial charge in [-0.25, -0.2) is 4.98 Å². The maximum Gasteiger partial charge on any atom is 0.254 e. The molecular weight excluding hydrogens is 476 g/mol. The average molecular weight is 509 g/mol. The molecule has 1 aromatic carbocycles. The standard InChI is InChI=1S/C30H32N6O2/c1-16-5-6-20(11-31)25(7-16)21-8-24(9-21)34-29(37)23-12-33-36(15-23)19(4)27-13-32-28(18(3)17(27)2)35-14-22-10-26(22)30(35)38/h5-7,12-13,15,19,21-22,24,26H,8-10,14H2,1-4H3,(H,34,37)/t19-,21?,22+,24?,26+/m0/s1. The lowest BCUT2D eigenvalue weighted by Crippen LogP contribution is -2.43. The molecule has 0 bridgehead atoms. The molecule has 3 aliphatic rings. The van der Waals surface area contributed by atoms with Crippen molar-refractivity contribution in [3.8, 4) is 6.07 Å². The monoisotopic (exact) mass is 508 g/mol. The Labute approximate surface area is 222 Å². The van der Waals surface area contributed by atoms with Crippen molar-refractivity contribution in [3.63, 3.8) is 0 Å². The molecule has 0 spiro atoms. The summed E-state index contributed by atoms with van der Waals surface area (Å²) < 4.78 is 1.80. The van der Waals surface area contributed by atoms with Crippen LogP contribution in [0.3, 0.4) is 0 Å². The highest BCUT2D eigenvalue weighted by Crippen LogP contribution is 2.47. The Bertz CT molecular complexity index is 1490. The summed E-state index contributed by atoms with van der Waals surface area (Å²) in [5.74, 6) is 1.83. The molecule has 2 aromatic heterocycles. The number of fused-ring (bicyclic) bond motifs is 1. The van der Waals surface area contributed by atoms with Crippen LogP contribution in [0.1, 0.15) is 81.9 Å². The molecule has 3 aromatic rings. The van der Waals surface area contributed by atoms with Crippen molar-refractivity contribution in [1.82, 2.24) is 20.1 Å². The maximum absolute atomic E-state index is 12.9. The Hall–Kier alpha value is -3.99. The molecule has 2 saturated carbocycles. The lowest BCUT2D eigenvalue weighted by Gasteiger charge is -2.36. The summed E-state index contributed by atoms with van der Waals surface area (Å²) in [6.45, 7) is 8.93. The van der Waals surface area contributed by atoms with Crippen molar-refractivity contribution in [1.29, 1.82) is 5.26 Å². The second kappa shape index (κ2) is 9.09. The number of pyridine rings is 1. The number of anilines is 1. The average Bonchev–Trinajstić information content (AvgIpc) is 3.33. The molecule has 2 amide bonds. The van der Waals surface area contributed by atoms with Crippen molar-refractivity contribution >= 4 is 17.6 Å². The van der Waals surface area contributed by atoms with E-state index in [0.29, 0.717) is 17.4 Å². The molecule has 1 saturated heterocycles. The smallest absolute Gasteiger partial charge is 0.254 e. The Balaban J connectivity index is 1.11. The van der Waals surface area contributed by atoms with Crippen molar-refractivity contribution < 1.29 is 9.59 Å². The first-order valence-electron chi connectivity index (χ1n) is 13.4.